The number of benzene rings is 1. The Morgan fingerprint density at radius 3 is 2.94 bits per heavy atom. The van der Waals surface area contributed by atoms with E-state index in [1.807, 2.05) is 11.8 Å². The molecule has 0 unspecified atom stereocenters. The molecule has 3 heteroatoms. The van der Waals surface area contributed by atoms with Gasteiger partial charge >= 0.3 is 0 Å². The lowest BCUT2D eigenvalue weighted by Gasteiger charge is -2.18. The Bertz CT molecular complexity index is 311. The van der Waals surface area contributed by atoms with Gasteiger partial charge in [-0.3, -0.25) is 0 Å². The van der Waals surface area contributed by atoms with Crippen LogP contribution in [0.4, 0.5) is 0 Å². The summed E-state index contributed by atoms with van der Waals surface area (Å²) in [7, 11) is 0. The molecular formula is C14H21NOS. The summed E-state index contributed by atoms with van der Waals surface area (Å²) in [5.74, 6) is 1.83. The molecule has 0 radical (unpaired) electrons. The second-order valence-electron chi connectivity index (χ2n) is 4.53. The van der Waals surface area contributed by atoms with Gasteiger partial charge in [-0.1, -0.05) is 18.2 Å². The van der Waals surface area contributed by atoms with Gasteiger partial charge in [0.25, 0.3) is 0 Å². The van der Waals surface area contributed by atoms with Crippen LogP contribution in [0, 0.1) is 5.92 Å². The van der Waals surface area contributed by atoms with Crippen molar-refractivity contribution in [3.05, 3.63) is 30.3 Å². The number of ether oxygens (including phenoxy) is 1. The molecule has 0 bridgehead atoms. The monoisotopic (exact) mass is 251 g/mol. The third-order valence-electron chi connectivity index (χ3n) is 3.25. The summed E-state index contributed by atoms with van der Waals surface area (Å²) >= 11 is 1.91. The smallest absolute Gasteiger partial charge is 0.0509 e. The summed E-state index contributed by atoms with van der Waals surface area (Å²) in [6, 6.07) is 11.2. The zero-order valence-corrected chi connectivity index (χ0v) is 11.2. The highest BCUT2D eigenvalue weighted by Gasteiger charge is 2.21. The Morgan fingerprint density at radius 1 is 1.41 bits per heavy atom. The first-order valence-electron chi connectivity index (χ1n) is 6.35. The highest BCUT2D eigenvalue weighted by molar-refractivity contribution is 7.99. The zero-order valence-electron chi connectivity index (χ0n) is 10.4. The van der Waals surface area contributed by atoms with Crippen LogP contribution in [0.2, 0.25) is 0 Å². The van der Waals surface area contributed by atoms with Crippen molar-refractivity contribution in [2.24, 2.45) is 5.92 Å². The minimum absolute atomic E-state index is 0.578. The van der Waals surface area contributed by atoms with Crippen molar-refractivity contribution in [3.63, 3.8) is 0 Å². The van der Waals surface area contributed by atoms with E-state index in [0.29, 0.717) is 12.0 Å². The van der Waals surface area contributed by atoms with Gasteiger partial charge in [0.15, 0.2) is 0 Å². The fourth-order valence-corrected chi connectivity index (χ4v) is 2.89. The van der Waals surface area contributed by atoms with Crippen molar-refractivity contribution in [3.8, 4) is 0 Å². The van der Waals surface area contributed by atoms with E-state index in [1.54, 1.807) is 0 Å². The minimum Gasteiger partial charge on any atom is -0.381 e. The number of rotatable bonds is 6. The minimum atomic E-state index is 0.578. The maximum absolute atomic E-state index is 5.41. The van der Waals surface area contributed by atoms with Crippen molar-refractivity contribution in [2.45, 2.75) is 24.3 Å². The van der Waals surface area contributed by atoms with Crippen LogP contribution < -0.4 is 5.32 Å². The first kappa shape index (κ1) is 12.9. The summed E-state index contributed by atoms with van der Waals surface area (Å²) in [5, 5.41) is 3.59. The molecule has 1 aliphatic rings. The number of nitrogens with one attached hydrogen (secondary N) is 1. The van der Waals surface area contributed by atoms with E-state index in [2.05, 4.69) is 42.6 Å². The van der Waals surface area contributed by atoms with Crippen LogP contribution in [-0.4, -0.2) is 31.6 Å². The molecule has 1 heterocycles. The maximum atomic E-state index is 5.41. The SMILES string of the molecule is C[C@H](NCCSc1ccccc1)[C@H]1CCOC1. The van der Waals surface area contributed by atoms with Crippen LogP contribution in [0.3, 0.4) is 0 Å². The molecule has 1 aromatic rings. The lowest BCUT2D eigenvalue weighted by Crippen LogP contribution is -2.35. The molecule has 1 saturated heterocycles. The average Bonchev–Trinajstić information content (AvgIpc) is 2.89. The van der Waals surface area contributed by atoms with Gasteiger partial charge in [0.2, 0.25) is 0 Å². The molecular weight excluding hydrogens is 230 g/mol. The van der Waals surface area contributed by atoms with Crippen molar-refractivity contribution in [1.29, 1.82) is 0 Å². The standard InChI is InChI=1S/C14H21NOS/c1-12(13-7-9-16-11-13)15-8-10-17-14-5-3-2-4-6-14/h2-6,12-13,15H,7-11H2,1H3/t12-,13-/m0/s1. The molecule has 0 aromatic heterocycles. The molecule has 94 valence electrons. The molecule has 1 fully saturated rings. The Morgan fingerprint density at radius 2 is 2.24 bits per heavy atom. The van der Waals surface area contributed by atoms with Crippen LogP contribution in [0.1, 0.15) is 13.3 Å². The van der Waals surface area contributed by atoms with E-state index in [1.165, 1.54) is 11.3 Å². The number of hydrogen-bond acceptors (Lipinski definition) is 3. The summed E-state index contributed by atoms with van der Waals surface area (Å²) < 4.78 is 5.41. The van der Waals surface area contributed by atoms with Crippen LogP contribution in [0.5, 0.6) is 0 Å². The van der Waals surface area contributed by atoms with E-state index in [4.69, 9.17) is 4.74 Å². The summed E-state index contributed by atoms with van der Waals surface area (Å²) in [6.07, 6.45) is 1.21. The van der Waals surface area contributed by atoms with Crippen molar-refractivity contribution >= 4 is 11.8 Å². The van der Waals surface area contributed by atoms with E-state index in [9.17, 15) is 0 Å². The van der Waals surface area contributed by atoms with Crippen LogP contribution in [-0.2, 0) is 4.74 Å². The molecule has 2 nitrogen and oxygen atoms in total. The van der Waals surface area contributed by atoms with Crippen LogP contribution >= 0.6 is 11.8 Å². The van der Waals surface area contributed by atoms with Gasteiger partial charge in [0.05, 0.1) is 6.61 Å². The summed E-state index contributed by atoms with van der Waals surface area (Å²) in [4.78, 5) is 1.35. The zero-order chi connectivity index (χ0) is 11.9. The van der Waals surface area contributed by atoms with Crippen molar-refractivity contribution in [2.75, 3.05) is 25.5 Å². The fourth-order valence-electron chi connectivity index (χ4n) is 2.09. The van der Waals surface area contributed by atoms with Crippen LogP contribution in [0.25, 0.3) is 0 Å². The predicted octanol–water partition coefficient (Wildman–Crippen LogP) is 2.79. The first-order valence-corrected chi connectivity index (χ1v) is 7.34. The Balaban J connectivity index is 1.59. The molecule has 2 rings (SSSR count). The summed E-state index contributed by atoms with van der Waals surface area (Å²) in [5.41, 5.74) is 0. The highest BCUT2D eigenvalue weighted by atomic mass is 32.2. The molecule has 0 spiro atoms. The van der Waals surface area contributed by atoms with Gasteiger partial charge in [-0.05, 0) is 31.4 Å². The van der Waals surface area contributed by atoms with Gasteiger partial charge < -0.3 is 10.1 Å². The molecule has 2 atom stereocenters. The largest absolute Gasteiger partial charge is 0.381 e. The normalized spacial score (nSPS) is 21.6. The first-order chi connectivity index (χ1) is 8.36. The van der Waals surface area contributed by atoms with E-state index in [-0.39, 0.29) is 0 Å². The van der Waals surface area contributed by atoms with Crippen molar-refractivity contribution in [1.82, 2.24) is 5.32 Å². The fraction of sp³-hybridized carbons (Fsp3) is 0.571. The Hall–Kier alpha value is -0.510. The molecule has 0 amide bonds. The third kappa shape index (κ3) is 4.34. The Kier molecular flexibility index (Phi) is 5.36. The van der Waals surface area contributed by atoms with Gasteiger partial charge in [0.1, 0.15) is 0 Å². The lowest BCUT2D eigenvalue weighted by atomic mass is 10.0. The quantitative estimate of drug-likeness (QED) is 0.620. The van der Waals surface area contributed by atoms with Gasteiger partial charge in [-0.2, -0.15) is 0 Å². The van der Waals surface area contributed by atoms with E-state index in [0.717, 1.165) is 25.5 Å². The number of hydrogen-bond donors (Lipinski definition) is 1. The molecule has 1 N–H and O–H groups in total. The van der Waals surface area contributed by atoms with Gasteiger partial charge in [0, 0.05) is 29.8 Å². The topological polar surface area (TPSA) is 21.3 Å². The Labute approximate surface area is 108 Å². The molecule has 1 aliphatic heterocycles. The highest BCUT2D eigenvalue weighted by Crippen LogP contribution is 2.18. The second kappa shape index (κ2) is 7.04. The molecule has 1 aromatic carbocycles. The maximum Gasteiger partial charge on any atom is 0.0509 e. The predicted molar refractivity (Wildman–Crippen MR) is 73.6 cm³/mol. The average molecular weight is 251 g/mol. The lowest BCUT2D eigenvalue weighted by molar-refractivity contribution is 0.178. The summed E-state index contributed by atoms with van der Waals surface area (Å²) in [6.45, 7) is 5.21. The second-order valence-corrected chi connectivity index (χ2v) is 5.70. The molecule has 17 heavy (non-hydrogen) atoms. The molecule has 0 saturated carbocycles. The van der Waals surface area contributed by atoms with Gasteiger partial charge in [-0.15, -0.1) is 11.8 Å². The van der Waals surface area contributed by atoms with Gasteiger partial charge in [-0.25, -0.2) is 0 Å². The van der Waals surface area contributed by atoms with Crippen LogP contribution in [0.15, 0.2) is 35.2 Å². The number of thioether (sulfide) groups is 1. The molecule has 0 aliphatic carbocycles. The third-order valence-corrected chi connectivity index (χ3v) is 4.27. The van der Waals surface area contributed by atoms with Crippen molar-refractivity contribution < 1.29 is 4.74 Å². The van der Waals surface area contributed by atoms with E-state index >= 15 is 0 Å². The van der Waals surface area contributed by atoms with E-state index < -0.39 is 0 Å².